The van der Waals surface area contributed by atoms with E-state index in [2.05, 4.69) is 39.4 Å². The Morgan fingerprint density at radius 2 is 1.39 bits per heavy atom. The van der Waals surface area contributed by atoms with Crippen LogP contribution in [0, 0.1) is 0 Å². The Morgan fingerprint density at radius 1 is 0.889 bits per heavy atom. The van der Waals surface area contributed by atoms with Crippen molar-refractivity contribution in [2.45, 2.75) is 58.5 Å². The number of hydrogen-bond donors (Lipinski definition) is 0. The van der Waals surface area contributed by atoms with E-state index < -0.39 is 8.56 Å². The Kier molecular flexibility index (Phi) is 11.0. The molecule has 0 aromatic carbocycles. The van der Waals surface area contributed by atoms with Gasteiger partial charge in [0.25, 0.3) is 0 Å². The van der Waals surface area contributed by atoms with Crippen LogP contribution in [0.4, 0.5) is 0 Å². The Hall–Kier alpha value is 0.0969. The minimum absolute atomic E-state index is 0.868. The zero-order chi connectivity index (χ0) is 13.9. The molecule has 0 aromatic heterocycles. The van der Waals surface area contributed by atoms with Crippen molar-refractivity contribution in [3.63, 3.8) is 0 Å². The largest absolute Gasteiger partial charge is 0.394 e. The summed E-state index contributed by atoms with van der Waals surface area (Å²) < 4.78 is 12.2. The summed E-state index contributed by atoms with van der Waals surface area (Å²) in [7, 11) is 2.32. The molecule has 0 heterocycles. The molecule has 0 atom stereocenters. The molecule has 0 radical (unpaired) electrons. The fourth-order valence-electron chi connectivity index (χ4n) is 1.77. The van der Waals surface area contributed by atoms with Crippen molar-refractivity contribution < 1.29 is 8.85 Å². The minimum atomic E-state index is -1.92. The number of unbranched alkanes of at least 4 members (excludes halogenated alkanes) is 2. The molecule has 0 bridgehead atoms. The lowest BCUT2D eigenvalue weighted by atomic mass is 10.4. The Labute approximate surface area is 115 Å². The van der Waals surface area contributed by atoms with Gasteiger partial charge in [-0.1, -0.05) is 26.7 Å². The number of rotatable bonds is 12. The van der Waals surface area contributed by atoms with E-state index in [4.69, 9.17) is 8.85 Å². The van der Waals surface area contributed by atoms with E-state index in [9.17, 15) is 0 Å². The molecule has 0 fully saturated rings. The van der Waals surface area contributed by atoms with E-state index in [1.807, 2.05) is 0 Å². The number of hydrogen-bond acceptors (Lipinski definition) is 3. The molecule has 0 amide bonds. The van der Waals surface area contributed by atoms with Gasteiger partial charge < -0.3 is 13.8 Å². The van der Waals surface area contributed by atoms with Gasteiger partial charge >= 0.3 is 8.56 Å². The second kappa shape index (κ2) is 11.0. The van der Waals surface area contributed by atoms with Crippen LogP contribution in [0.5, 0.6) is 0 Å². The molecule has 0 aliphatic carbocycles. The molecule has 18 heavy (non-hydrogen) atoms. The monoisotopic (exact) mass is 275 g/mol. The van der Waals surface area contributed by atoms with E-state index in [0.717, 1.165) is 38.6 Å². The van der Waals surface area contributed by atoms with Crippen molar-refractivity contribution in [2.75, 3.05) is 33.9 Å². The standard InChI is InChI=1S/C14H33NO2Si/c1-6-8-12-16-18(5,17-13-9-7-2)14-10-11-15(3)4/h6-14H2,1-5H3. The first-order valence-electron chi connectivity index (χ1n) is 7.46. The molecule has 0 spiro atoms. The van der Waals surface area contributed by atoms with Crippen molar-refractivity contribution >= 4 is 8.56 Å². The predicted molar refractivity (Wildman–Crippen MR) is 81.3 cm³/mol. The van der Waals surface area contributed by atoms with Crippen LogP contribution in [-0.2, 0) is 8.85 Å². The normalized spacial score (nSPS) is 12.3. The lowest BCUT2D eigenvalue weighted by Crippen LogP contribution is -2.40. The van der Waals surface area contributed by atoms with Crippen molar-refractivity contribution in [1.29, 1.82) is 0 Å². The third kappa shape index (κ3) is 10.1. The number of nitrogens with zero attached hydrogens (tertiary/aromatic N) is 1. The van der Waals surface area contributed by atoms with Crippen LogP contribution >= 0.6 is 0 Å². The molecule has 0 saturated heterocycles. The quantitative estimate of drug-likeness (QED) is 0.401. The smallest absolute Gasteiger partial charge is 0.334 e. The second-order valence-electron chi connectivity index (χ2n) is 5.44. The Morgan fingerprint density at radius 3 is 1.78 bits per heavy atom. The summed E-state index contributed by atoms with van der Waals surface area (Å²) in [6, 6.07) is 1.11. The summed E-state index contributed by atoms with van der Waals surface area (Å²) >= 11 is 0. The van der Waals surface area contributed by atoms with Crippen LogP contribution in [0.15, 0.2) is 0 Å². The maximum absolute atomic E-state index is 6.10. The van der Waals surface area contributed by atoms with Crippen molar-refractivity contribution in [2.24, 2.45) is 0 Å². The Balaban J connectivity index is 4.02. The molecule has 0 N–H and O–H groups in total. The molecule has 110 valence electrons. The first-order chi connectivity index (χ1) is 8.54. The van der Waals surface area contributed by atoms with Gasteiger partial charge in [0.2, 0.25) is 0 Å². The molecule has 0 aromatic rings. The van der Waals surface area contributed by atoms with Crippen LogP contribution in [0.3, 0.4) is 0 Å². The van der Waals surface area contributed by atoms with Gasteiger partial charge in [0.1, 0.15) is 0 Å². The van der Waals surface area contributed by atoms with Gasteiger partial charge in [-0.25, -0.2) is 0 Å². The highest BCUT2D eigenvalue weighted by atomic mass is 28.4. The van der Waals surface area contributed by atoms with Crippen molar-refractivity contribution in [1.82, 2.24) is 4.90 Å². The van der Waals surface area contributed by atoms with Crippen molar-refractivity contribution in [3.05, 3.63) is 0 Å². The predicted octanol–water partition coefficient (Wildman–Crippen LogP) is 3.64. The van der Waals surface area contributed by atoms with E-state index in [1.54, 1.807) is 0 Å². The highest BCUT2D eigenvalue weighted by molar-refractivity contribution is 6.66. The zero-order valence-corrected chi connectivity index (χ0v) is 14.1. The highest BCUT2D eigenvalue weighted by Crippen LogP contribution is 2.17. The SMILES string of the molecule is CCCCO[Si](C)(CCCN(C)C)OCCCC. The van der Waals surface area contributed by atoms with Gasteiger partial charge in [-0.3, -0.25) is 0 Å². The van der Waals surface area contributed by atoms with Gasteiger partial charge in [0.15, 0.2) is 0 Å². The second-order valence-corrected chi connectivity index (χ2v) is 8.79. The molecule has 0 aliphatic rings. The molecule has 0 rings (SSSR count). The Bertz CT molecular complexity index is 179. The average molecular weight is 276 g/mol. The molecule has 0 unspecified atom stereocenters. The summed E-state index contributed by atoms with van der Waals surface area (Å²) in [5, 5.41) is 0. The molecule has 0 saturated carbocycles. The lowest BCUT2D eigenvalue weighted by molar-refractivity contribution is 0.167. The first-order valence-corrected chi connectivity index (χ1v) is 9.99. The van der Waals surface area contributed by atoms with Gasteiger partial charge in [-0.15, -0.1) is 0 Å². The molecule has 0 aliphatic heterocycles. The molecule has 4 heteroatoms. The van der Waals surface area contributed by atoms with E-state index in [1.165, 1.54) is 19.3 Å². The van der Waals surface area contributed by atoms with Crippen LogP contribution in [0.1, 0.15) is 46.0 Å². The summed E-state index contributed by atoms with van der Waals surface area (Å²) in [5.41, 5.74) is 0. The van der Waals surface area contributed by atoms with E-state index in [0.29, 0.717) is 0 Å². The fourth-order valence-corrected chi connectivity index (χ4v) is 4.09. The minimum Gasteiger partial charge on any atom is -0.394 e. The van der Waals surface area contributed by atoms with Crippen LogP contribution in [0.25, 0.3) is 0 Å². The van der Waals surface area contributed by atoms with Gasteiger partial charge in [0, 0.05) is 13.2 Å². The first kappa shape index (κ1) is 18.1. The fraction of sp³-hybridized carbons (Fsp3) is 1.00. The third-order valence-corrected chi connectivity index (χ3v) is 5.94. The van der Waals surface area contributed by atoms with Gasteiger partial charge in [0.05, 0.1) is 0 Å². The van der Waals surface area contributed by atoms with E-state index >= 15 is 0 Å². The van der Waals surface area contributed by atoms with E-state index in [-0.39, 0.29) is 0 Å². The molecule has 3 nitrogen and oxygen atoms in total. The summed E-state index contributed by atoms with van der Waals surface area (Å²) in [6.07, 6.45) is 5.85. The molecular weight excluding hydrogens is 242 g/mol. The van der Waals surface area contributed by atoms with Gasteiger partial charge in [-0.05, 0) is 52.5 Å². The zero-order valence-electron chi connectivity index (χ0n) is 13.1. The maximum atomic E-state index is 6.10. The summed E-state index contributed by atoms with van der Waals surface area (Å²) in [4.78, 5) is 2.23. The highest BCUT2D eigenvalue weighted by Gasteiger charge is 2.30. The lowest BCUT2D eigenvalue weighted by Gasteiger charge is -2.27. The van der Waals surface area contributed by atoms with Crippen LogP contribution in [0.2, 0.25) is 12.6 Å². The summed E-state index contributed by atoms with van der Waals surface area (Å²) in [5.74, 6) is 0. The van der Waals surface area contributed by atoms with Crippen molar-refractivity contribution in [3.8, 4) is 0 Å². The van der Waals surface area contributed by atoms with Gasteiger partial charge in [-0.2, -0.15) is 0 Å². The van der Waals surface area contributed by atoms with Crippen LogP contribution in [-0.4, -0.2) is 47.3 Å². The topological polar surface area (TPSA) is 21.7 Å². The summed E-state index contributed by atoms with van der Waals surface area (Å²) in [6.45, 7) is 9.49. The van der Waals surface area contributed by atoms with Crippen LogP contribution < -0.4 is 0 Å². The maximum Gasteiger partial charge on any atom is 0.334 e. The third-order valence-electron chi connectivity index (χ3n) is 3.05. The average Bonchev–Trinajstić information content (AvgIpc) is 2.29. The molecular formula is C14H33NO2Si.